The third kappa shape index (κ3) is 8.73. The second kappa shape index (κ2) is 13.5. The molecule has 0 radical (unpaired) electrons. The van der Waals surface area contributed by atoms with E-state index in [1.165, 1.54) is 77.0 Å². The van der Waals surface area contributed by atoms with Crippen molar-refractivity contribution in [2.45, 2.75) is 90.9 Å². The molecule has 0 aliphatic carbocycles. The minimum absolute atomic E-state index is 0.640. The van der Waals surface area contributed by atoms with E-state index < -0.39 is 0 Å². The molecule has 1 atom stereocenters. The number of fused-ring (bicyclic) bond motifs is 1. The molecule has 0 bridgehead atoms. The number of hydrogen-bond acceptors (Lipinski definition) is 3. The van der Waals surface area contributed by atoms with Gasteiger partial charge in [-0.2, -0.15) is 0 Å². The largest absolute Gasteiger partial charge is 0.476 e. The Morgan fingerprint density at radius 1 is 0.778 bits per heavy atom. The number of rotatable bonds is 15. The average Bonchev–Trinajstić information content (AvgIpc) is 2.71. The van der Waals surface area contributed by atoms with Crippen LogP contribution in [0.5, 0.6) is 5.88 Å². The topological polar surface area (TPSA) is 35.0 Å². The highest BCUT2D eigenvalue weighted by Crippen LogP contribution is 2.21. The lowest BCUT2D eigenvalue weighted by atomic mass is 9.95. The first-order valence-corrected chi connectivity index (χ1v) is 11.2. The summed E-state index contributed by atoms with van der Waals surface area (Å²) < 4.78 is 6.06. The van der Waals surface area contributed by atoms with Gasteiger partial charge in [0.05, 0.1) is 23.8 Å². The highest BCUT2D eigenvalue weighted by molar-refractivity contribution is 5.73. The van der Waals surface area contributed by atoms with Gasteiger partial charge in [-0.3, -0.25) is 0 Å². The highest BCUT2D eigenvalue weighted by atomic mass is 16.5. The predicted molar refractivity (Wildman–Crippen MR) is 115 cm³/mol. The number of benzene rings is 1. The van der Waals surface area contributed by atoms with E-state index >= 15 is 0 Å². The van der Waals surface area contributed by atoms with Gasteiger partial charge in [0, 0.05) is 0 Å². The summed E-state index contributed by atoms with van der Waals surface area (Å²) in [5.74, 6) is 1.30. The molecule has 0 aliphatic heterocycles. The van der Waals surface area contributed by atoms with Crippen molar-refractivity contribution in [3.63, 3.8) is 0 Å². The third-order valence-electron chi connectivity index (χ3n) is 5.33. The predicted octanol–water partition coefficient (Wildman–Crippen LogP) is 7.35. The van der Waals surface area contributed by atoms with E-state index in [2.05, 4.69) is 23.8 Å². The summed E-state index contributed by atoms with van der Waals surface area (Å²) in [6.45, 7) is 5.32. The van der Waals surface area contributed by atoms with E-state index in [-0.39, 0.29) is 0 Å². The number of ether oxygens (including phenoxy) is 1. The van der Waals surface area contributed by atoms with Gasteiger partial charge < -0.3 is 4.74 Å². The molecule has 1 aromatic heterocycles. The average molecular weight is 371 g/mol. The molecule has 1 heterocycles. The van der Waals surface area contributed by atoms with E-state index in [1.807, 2.05) is 24.3 Å². The molecule has 3 nitrogen and oxygen atoms in total. The maximum atomic E-state index is 6.06. The normalized spacial score (nSPS) is 12.4. The molecule has 3 heteroatoms. The lowest BCUT2D eigenvalue weighted by Crippen LogP contribution is -2.13. The second-order valence-electron chi connectivity index (χ2n) is 7.78. The second-order valence-corrected chi connectivity index (χ2v) is 7.78. The molecule has 0 saturated heterocycles. The van der Waals surface area contributed by atoms with E-state index in [1.54, 1.807) is 6.20 Å². The molecule has 1 aromatic carbocycles. The van der Waals surface area contributed by atoms with E-state index in [9.17, 15) is 0 Å². The van der Waals surface area contributed by atoms with Gasteiger partial charge >= 0.3 is 0 Å². The number of para-hydroxylation sites is 2. The first kappa shape index (κ1) is 21.7. The van der Waals surface area contributed by atoms with Crippen LogP contribution in [0.4, 0.5) is 0 Å². The van der Waals surface area contributed by atoms with Gasteiger partial charge in [-0.1, -0.05) is 90.2 Å². The summed E-state index contributed by atoms with van der Waals surface area (Å²) in [6.07, 6.45) is 17.8. The zero-order chi connectivity index (χ0) is 19.2. The standard InChI is InChI=1S/C24H38N2O/c1-3-5-7-9-10-12-16-21(15-11-8-6-4-2)20-27-24-19-25-22-17-13-14-18-23(22)26-24/h13-14,17-19,21H,3-12,15-16,20H2,1-2H3. The van der Waals surface area contributed by atoms with Crippen LogP contribution in [0.3, 0.4) is 0 Å². The quantitative estimate of drug-likeness (QED) is 0.307. The molecule has 0 saturated carbocycles. The Balaban J connectivity index is 1.79. The molecular weight excluding hydrogens is 332 g/mol. The summed E-state index contributed by atoms with van der Waals surface area (Å²) in [6, 6.07) is 7.97. The smallest absolute Gasteiger partial charge is 0.232 e. The molecule has 0 N–H and O–H groups in total. The van der Waals surface area contributed by atoms with Crippen molar-refractivity contribution in [1.82, 2.24) is 9.97 Å². The van der Waals surface area contributed by atoms with Crippen LogP contribution in [0.1, 0.15) is 90.9 Å². The Morgan fingerprint density at radius 3 is 2.07 bits per heavy atom. The maximum Gasteiger partial charge on any atom is 0.232 e. The Hall–Kier alpha value is -1.64. The molecule has 0 spiro atoms. The minimum atomic E-state index is 0.640. The van der Waals surface area contributed by atoms with Crippen molar-refractivity contribution in [3.8, 4) is 5.88 Å². The van der Waals surface area contributed by atoms with Gasteiger partial charge in [0.2, 0.25) is 5.88 Å². The van der Waals surface area contributed by atoms with Crippen LogP contribution in [0.25, 0.3) is 11.0 Å². The fraction of sp³-hybridized carbons (Fsp3) is 0.667. The highest BCUT2D eigenvalue weighted by Gasteiger charge is 2.11. The summed E-state index contributed by atoms with van der Waals surface area (Å²) in [7, 11) is 0. The Morgan fingerprint density at radius 2 is 1.37 bits per heavy atom. The van der Waals surface area contributed by atoms with E-state index in [4.69, 9.17) is 4.74 Å². The van der Waals surface area contributed by atoms with Crippen LogP contribution in [0, 0.1) is 5.92 Å². The zero-order valence-electron chi connectivity index (χ0n) is 17.5. The van der Waals surface area contributed by atoms with E-state index in [0.29, 0.717) is 11.8 Å². The van der Waals surface area contributed by atoms with Crippen molar-refractivity contribution in [3.05, 3.63) is 30.5 Å². The molecule has 0 fully saturated rings. The molecular formula is C24H38N2O. The van der Waals surface area contributed by atoms with Crippen LogP contribution in [0.15, 0.2) is 30.5 Å². The van der Waals surface area contributed by atoms with Crippen LogP contribution in [-0.4, -0.2) is 16.6 Å². The first-order chi connectivity index (χ1) is 13.3. The van der Waals surface area contributed by atoms with Gasteiger partial charge in [0.1, 0.15) is 0 Å². The summed E-state index contributed by atoms with van der Waals surface area (Å²) >= 11 is 0. The summed E-state index contributed by atoms with van der Waals surface area (Å²) in [5.41, 5.74) is 1.83. The number of aromatic nitrogens is 2. The fourth-order valence-electron chi connectivity index (χ4n) is 3.60. The van der Waals surface area contributed by atoms with Crippen molar-refractivity contribution < 1.29 is 4.74 Å². The monoisotopic (exact) mass is 370 g/mol. The maximum absolute atomic E-state index is 6.06. The minimum Gasteiger partial charge on any atom is -0.476 e. The molecule has 2 aromatic rings. The Bertz CT molecular complexity index is 629. The lowest BCUT2D eigenvalue weighted by Gasteiger charge is -2.17. The van der Waals surface area contributed by atoms with Crippen molar-refractivity contribution >= 4 is 11.0 Å². The Labute approximate surface area is 166 Å². The van der Waals surface area contributed by atoms with Crippen LogP contribution < -0.4 is 4.74 Å². The molecule has 0 aliphatic rings. The molecule has 27 heavy (non-hydrogen) atoms. The molecule has 150 valence electrons. The lowest BCUT2D eigenvalue weighted by molar-refractivity contribution is 0.217. The zero-order valence-corrected chi connectivity index (χ0v) is 17.5. The number of unbranched alkanes of at least 4 members (excludes halogenated alkanes) is 8. The van der Waals surface area contributed by atoms with Gasteiger partial charge in [-0.15, -0.1) is 0 Å². The van der Waals surface area contributed by atoms with Crippen LogP contribution in [0.2, 0.25) is 0 Å². The molecule has 1 unspecified atom stereocenters. The van der Waals surface area contributed by atoms with Gasteiger partial charge in [0.25, 0.3) is 0 Å². The number of nitrogens with zero attached hydrogens (tertiary/aromatic N) is 2. The molecule has 0 amide bonds. The van der Waals surface area contributed by atoms with Gasteiger partial charge in [-0.25, -0.2) is 9.97 Å². The Kier molecular flexibility index (Phi) is 10.8. The third-order valence-corrected chi connectivity index (χ3v) is 5.33. The van der Waals surface area contributed by atoms with Crippen LogP contribution in [-0.2, 0) is 0 Å². The van der Waals surface area contributed by atoms with Crippen molar-refractivity contribution in [2.24, 2.45) is 5.92 Å². The number of hydrogen-bond donors (Lipinski definition) is 0. The summed E-state index contributed by atoms with van der Waals surface area (Å²) in [4.78, 5) is 9.06. The van der Waals surface area contributed by atoms with E-state index in [0.717, 1.165) is 17.6 Å². The molecule has 2 rings (SSSR count). The fourth-order valence-corrected chi connectivity index (χ4v) is 3.60. The SMILES string of the molecule is CCCCCCCCC(CCCCCC)COc1cnc2ccccc2n1. The van der Waals surface area contributed by atoms with Gasteiger partial charge in [0.15, 0.2) is 0 Å². The van der Waals surface area contributed by atoms with Crippen molar-refractivity contribution in [2.75, 3.05) is 6.61 Å². The van der Waals surface area contributed by atoms with Crippen LogP contribution >= 0.6 is 0 Å². The van der Waals surface area contributed by atoms with Crippen molar-refractivity contribution in [1.29, 1.82) is 0 Å². The van der Waals surface area contributed by atoms with Gasteiger partial charge in [-0.05, 0) is 30.9 Å². The summed E-state index contributed by atoms with van der Waals surface area (Å²) in [5, 5.41) is 0. The first-order valence-electron chi connectivity index (χ1n) is 11.2.